The molecular formula is C12H13N5S. The van der Waals surface area contributed by atoms with Gasteiger partial charge in [0, 0.05) is 25.2 Å². The number of pyridine rings is 1. The zero-order valence-corrected chi connectivity index (χ0v) is 11.1. The van der Waals surface area contributed by atoms with Crippen molar-refractivity contribution in [3.05, 3.63) is 42.1 Å². The van der Waals surface area contributed by atoms with E-state index in [1.165, 1.54) is 5.56 Å². The van der Waals surface area contributed by atoms with Crippen molar-refractivity contribution in [3.8, 4) is 0 Å². The monoisotopic (exact) mass is 259 g/mol. The number of hydrogen-bond acceptors (Lipinski definition) is 4. The fraction of sp³-hybridized carbons (Fsp3) is 0.250. The molecule has 92 valence electrons. The molecule has 0 radical (unpaired) electrons. The maximum absolute atomic E-state index is 4.57. The molecule has 18 heavy (non-hydrogen) atoms. The number of fused-ring (bicyclic) bond motifs is 1. The van der Waals surface area contributed by atoms with E-state index >= 15 is 0 Å². The van der Waals surface area contributed by atoms with Gasteiger partial charge in [0.05, 0.1) is 5.69 Å². The molecule has 0 aliphatic rings. The Morgan fingerprint density at radius 3 is 2.94 bits per heavy atom. The lowest BCUT2D eigenvalue weighted by Crippen LogP contribution is -1.89. The first kappa shape index (κ1) is 11.3. The molecule has 0 aliphatic heterocycles. The molecule has 0 bridgehead atoms. The minimum atomic E-state index is 0.799. The van der Waals surface area contributed by atoms with Crippen molar-refractivity contribution in [2.75, 3.05) is 0 Å². The third kappa shape index (κ3) is 2.11. The summed E-state index contributed by atoms with van der Waals surface area (Å²) >= 11 is 1.64. The molecule has 0 saturated carbocycles. The molecule has 3 heterocycles. The van der Waals surface area contributed by atoms with Crippen molar-refractivity contribution >= 4 is 17.4 Å². The van der Waals surface area contributed by atoms with E-state index in [0.29, 0.717) is 0 Å². The summed E-state index contributed by atoms with van der Waals surface area (Å²) in [6, 6.07) is 4.10. The average molecular weight is 259 g/mol. The van der Waals surface area contributed by atoms with Gasteiger partial charge in [-0.25, -0.2) is 4.98 Å². The maximum Gasteiger partial charge on any atom is 0.191 e. The average Bonchev–Trinajstić information content (AvgIpc) is 2.92. The first-order chi connectivity index (χ1) is 8.72. The molecule has 0 amide bonds. The molecular weight excluding hydrogens is 246 g/mol. The van der Waals surface area contributed by atoms with Crippen LogP contribution in [0.25, 0.3) is 5.65 Å². The summed E-state index contributed by atoms with van der Waals surface area (Å²) in [4.78, 5) is 4.57. The van der Waals surface area contributed by atoms with Crippen LogP contribution in [0.1, 0.15) is 11.3 Å². The Hall–Kier alpha value is -1.82. The van der Waals surface area contributed by atoms with Crippen LogP contribution in [0.15, 0.2) is 36.0 Å². The molecule has 0 N–H and O–H groups in total. The second-order valence-corrected chi connectivity index (χ2v) is 5.16. The Morgan fingerprint density at radius 1 is 1.28 bits per heavy atom. The molecule has 0 fully saturated rings. The molecule has 6 heteroatoms. The third-order valence-corrected chi connectivity index (χ3v) is 3.74. The molecule has 0 saturated heterocycles. The Kier molecular flexibility index (Phi) is 2.79. The SMILES string of the molecule is Cc1ccc2nc(CSc3nncn3C)cn2c1. The van der Waals surface area contributed by atoms with Crippen molar-refractivity contribution in [2.45, 2.75) is 17.8 Å². The van der Waals surface area contributed by atoms with Crippen LogP contribution in [-0.4, -0.2) is 24.1 Å². The molecule has 3 rings (SSSR count). The largest absolute Gasteiger partial charge is 0.312 e. The number of hydrogen-bond donors (Lipinski definition) is 0. The van der Waals surface area contributed by atoms with Crippen molar-refractivity contribution in [3.63, 3.8) is 0 Å². The summed E-state index contributed by atoms with van der Waals surface area (Å²) in [5.74, 6) is 0.799. The smallest absolute Gasteiger partial charge is 0.191 e. The molecule has 0 aromatic carbocycles. The van der Waals surface area contributed by atoms with Gasteiger partial charge in [0.2, 0.25) is 0 Å². The first-order valence-electron chi connectivity index (χ1n) is 5.63. The Balaban J connectivity index is 1.81. The Labute approximate surface area is 109 Å². The molecule has 3 aromatic heterocycles. The molecule has 3 aromatic rings. The van der Waals surface area contributed by atoms with Gasteiger partial charge in [-0.2, -0.15) is 0 Å². The van der Waals surface area contributed by atoms with E-state index in [1.807, 2.05) is 17.7 Å². The Morgan fingerprint density at radius 2 is 2.17 bits per heavy atom. The maximum atomic E-state index is 4.57. The number of aromatic nitrogens is 5. The fourth-order valence-corrected chi connectivity index (χ4v) is 2.54. The standard InChI is InChI=1S/C12H13N5S/c1-9-3-4-11-14-10(6-17(11)5-9)7-18-12-15-13-8-16(12)2/h3-6,8H,7H2,1-2H3. The number of aryl methyl sites for hydroxylation is 2. The van der Waals surface area contributed by atoms with Crippen LogP contribution in [0.4, 0.5) is 0 Å². The van der Waals surface area contributed by atoms with Crippen molar-refractivity contribution in [1.29, 1.82) is 0 Å². The van der Waals surface area contributed by atoms with E-state index in [2.05, 4.69) is 45.0 Å². The lowest BCUT2D eigenvalue weighted by Gasteiger charge is -1.96. The molecule has 0 atom stereocenters. The summed E-state index contributed by atoms with van der Waals surface area (Å²) in [5, 5.41) is 8.80. The van der Waals surface area contributed by atoms with Gasteiger partial charge < -0.3 is 8.97 Å². The summed E-state index contributed by atoms with van der Waals surface area (Å²) in [6.45, 7) is 2.08. The van der Waals surface area contributed by atoms with E-state index < -0.39 is 0 Å². The van der Waals surface area contributed by atoms with Crippen LogP contribution in [-0.2, 0) is 12.8 Å². The topological polar surface area (TPSA) is 48.0 Å². The van der Waals surface area contributed by atoms with Crippen molar-refractivity contribution in [1.82, 2.24) is 24.1 Å². The van der Waals surface area contributed by atoms with Gasteiger partial charge in [-0.15, -0.1) is 10.2 Å². The quantitative estimate of drug-likeness (QED) is 0.676. The normalized spacial score (nSPS) is 11.2. The highest BCUT2D eigenvalue weighted by Crippen LogP contribution is 2.19. The third-order valence-electron chi connectivity index (χ3n) is 2.67. The summed E-state index contributed by atoms with van der Waals surface area (Å²) in [6.07, 6.45) is 5.85. The van der Waals surface area contributed by atoms with Crippen LogP contribution in [0, 0.1) is 6.92 Å². The van der Waals surface area contributed by atoms with Gasteiger partial charge >= 0.3 is 0 Å². The van der Waals surface area contributed by atoms with E-state index in [1.54, 1.807) is 18.1 Å². The summed E-state index contributed by atoms with van der Waals surface area (Å²) < 4.78 is 3.96. The van der Waals surface area contributed by atoms with E-state index in [0.717, 1.165) is 22.3 Å². The zero-order chi connectivity index (χ0) is 12.5. The Bertz CT molecular complexity index is 685. The number of imidazole rings is 1. The van der Waals surface area contributed by atoms with Gasteiger partial charge in [0.1, 0.15) is 12.0 Å². The summed E-state index contributed by atoms with van der Waals surface area (Å²) in [7, 11) is 1.94. The van der Waals surface area contributed by atoms with Crippen molar-refractivity contribution < 1.29 is 0 Å². The van der Waals surface area contributed by atoms with Gasteiger partial charge in [-0.3, -0.25) is 0 Å². The zero-order valence-electron chi connectivity index (χ0n) is 10.2. The second kappa shape index (κ2) is 4.45. The van der Waals surface area contributed by atoms with Crippen molar-refractivity contribution in [2.24, 2.45) is 7.05 Å². The summed E-state index contributed by atoms with van der Waals surface area (Å²) in [5.41, 5.74) is 3.26. The van der Waals surface area contributed by atoms with Crippen LogP contribution in [0.2, 0.25) is 0 Å². The number of nitrogens with zero attached hydrogens (tertiary/aromatic N) is 5. The van der Waals surface area contributed by atoms with E-state index in [4.69, 9.17) is 0 Å². The van der Waals surface area contributed by atoms with Crippen LogP contribution in [0.5, 0.6) is 0 Å². The second-order valence-electron chi connectivity index (χ2n) is 4.22. The number of rotatable bonds is 3. The number of thioether (sulfide) groups is 1. The fourth-order valence-electron chi connectivity index (χ4n) is 1.77. The molecule has 0 spiro atoms. The minimum Gasteiger partial charge on any atom is -0.312 e. The van der Waals surface area contributed by atoms with Gasteiger partial charge in [-0.1, -0.05) is 17.8 Å². The molecule has 5 nitrogen and oxygen atoms in total. The lowest BCUT2D eigenvalue weighted by atomic mass is 10.3. The highest BCUT2D eigenvalue weighted by atomic mass is 32.2. The van der Waals surface area contributed by atoms with Gasteiger partial charge in [0.15, 0.2) is 5.16 Å². The highest BCUT2D eigenvalue weighted by molar-refractivity contribution is 7.98. The predicted octanol–water partition coefficient (Wildman–Crippen LogP) is 2.06. The van der Waals surface area contributed by atoms with Crippen LogP contribution < -0.4 is 0 Å². The first-order valence-corrected chi connectivity index (χ1v) is 6.62. The highest BCUT2D eigenvalue weighted by Gasteiger charge is 2.05. The predicted molar refractivity (Wildman–Crippen MR) is 70.5 cm³/mol. The molecule has 0 aliphatic carbocycles. The van der Waals surface area contributed by atoms with Gasteiger partial charge in [-0.05, 0) is 18.6 Å². The van der Waals surface area contributed by atoms with E-state index in [9.17, 15) is 0 Å². The molecule has 0 unspecified atom stereocenters. The van der Waals surface area contributed by atoms with E-state index in [-0.39, 0.29) is 0 Å². The lowest BCUT2D eigenvalue weighted by molar-refractivity contribution is 0.788. The minimum absolute atomic E-state index is 0.799. The van der Waals surface area contributed by atoms with Crippen LogP contribution in [0.3, 0.4) is 0 Å². The van der Waals surface area contributed by atoms with Crippen LogP contribution >= 0.6 is 11.8 Å². The van der Waals surface area contributed by atoms with Gasteiger partial charge in [0.25, 0.3) is 0 Å².